The van der Waals surface area contributed by atoms with Gasteiger partial charge in [-0.05, 0) is 49.7 Å². The number of nitrogens with one attached hydrogen (secondary N) is 1. The summed E-state index contributed by atoms with van der Waals surface area (Å²) in [6.45, 7) is 3.86. The number of anilines is 1. The van der Waals surface area contributed by atoms with Gasteiger partial charge in [-0.1, -0.05) is 87.9 Å². The van der Waals surface area contributed by atoms with Gasteiger partial charge in [0.25, 0.3) is 0 Å². The van der Waals surface area contributed by atoms with Crippen molar-refractivity contribution in [1.29, 1.82) is 5.26 Å². The number of benzene rings is 3. The van der Waals surface area contributed by atoms with Crippen LogP contribution in [0.2, 0.25) is 0 Å². The Hall–Kier alpha value is -3.40. The Bertz CT molecular complexity index is 1350. The fourth-order valence-electron chi connectivity index (χ4n) is 3.43. The largest absolute Gasteiger partial charge is 0.325 e. The second kappa shape index (κ2) is 10.7. The van der Waals surface area contributed by atoms with Gasteiger partial charge >= 0.3 is 0 Å². The fraction of sp³-hybridized carbons (Fsp3) is 0.107. The summed E-state index contributed by atoms with van der Waals surface area (Å²) < 4.78 is 0.942. The molecule has 34 heavy (non-hydrogen) atoms. The number of halogens is 1. The van der Waals surface area contributed by atoms with Crippen LogP contribution in [0.4, 0.5) is 5.69 Å². The zero-order valence-electron chi connectivity index (χ0n) is 18.7. The topological polar surface area (TPSA) is 65.8 Å². The van der Waals surface area contributed by atoms with Crippen molar-refractivity contribution in [2.24, 2.45) is 0 Å². The number of nitrogens with zero attached hydrogens (tertiary/aromatic N) is 2. The first-order valence-corrected chi connectivity index (χ1v) is 12.4. The third kappa shape index (κ3) is 5.56. The van der Waals surface area contributed by atoms with Gasteiger partial charge in [-0.2, -0.15) is 5.26 Å². The summed E-state index contributed by atoms with van der Waals surface area (Å²) in [5.41, 5.74) is 5.80. The lowest BCUT2D eigenvalue weighted by Crippen LogP contribution is -2.22. The second-order valence-electron chi connectivity index (χ2n) is 7.84. The Morgan fingerprint density at radius 3 is 2.32 bits per heavy atom. The molecule has 1 aromatic heterocycles. The summed E-state index contributed by atoms with van der Waals surface area (Å²) in [4.78, 5) is 17.7. The van der Waals surface area contributed by atoms with Gasteiger partial charge in [-0.15, -0.1) is 0 Å². The fourth-order valence-corrected chi connectivity index (χ4v) is 4.62. The quantitative estimate of drug-likeness (QED) is 0.264. The van der Waals surface area contributed by atoms with Gasteiger partial charge in [0.2, 0.25) is 5.91 Å². The predicted molar refractivity (Wildman–Crippen MR) is 143 cm³/mol. The number of aromatic nitrogens is 1. The Morgan fingerprint density at radius 1 is 1.00 bits per heavy atom. The highest BCUT2D eigenvalue weighted by molar-refractivity contribution is 9.10. The maximum absolute atomic E-state index is 12.9. The first-order valence-electron chi connectivity index (χ1n) is 10.8. The molecule has 1 N–H and O–H groups in total. The highest BCUT2D eigenvalue weighted by atomic mass is 79.9. The van der Waals surface area contributed by atoms with E-state index in [9.17, 15) is 10.1 Å². The zero-order valence-corrected chi connectivity index (χ0v) is 21.2. The Kier molecular flexibility index (Phi) is 7.46. The smallest absolute Gasteiger partial charge is 0.237 e. The molecule has 0 bridgehead atoms. The van der Waals surface area contributed by atoms with E-state index in [1.54, 1.807) is 0 Å². The molecule has 0 aliphatic heterocycles. The molecule has 1 atom stereocenters. The van der Waals surface area contributed by atoms with E-state index in [0.29, 0.717) is 16.3 Å². The number of rotatable bonds is 6. The molecule has 4 aromatic rings. The van der Waals surface area contributed by atoms with Crippen molar-refractivity contribution in [3.8, 4) is 28.5 Å². The van der Waals surface area contributed by atoms with Crippen LogP contribution in [-0.2, 0) is 4.79 Å². The molecule has 3 aromatic carbocycles. The molecule has 0 spiro atoms. The molecule has 6 heteroatoms. The number of aryl methyl sites for hydroxylation is 1. The van der Waals surface area contributed by atoms with Crippen molar-refractivity contribution in [2.75, 3.05) is 5.32 Å². The normalized spacial score (nSPS) is 11.5. The minimum Gasteiger partial charge on any atom is -0.325 e. The van der Waals surface area contributed by atoms with Crippen LogP contribution < -0.4 is 5.32 Å². The molecule has 0 fully saturated rings. The van der Waals surface area contributed by atoms with Gasteiger partial charge in [0.1, 0.15) is 11.1 Å². The van der Waals surface area contributed by atoms with Crippen molar-refractivity contribution in [1.82, 2.24) is 4.98 Å². The van der Waals surface area contributed by atoms with Crippen LogP contribution in [-0.4, -0.2) is 16.1 Å². The van der Waals surface area contributed by atoms with E-state index in [1.165, 1.54) is 11.8 Å². The second-order valence-corrected chi connectivity index (χ2v) is 10.1. The van der Waals surface area contributed by atoms with Crippen LogP contribution >= 0.6 is 27.7 Å². The van der Waals surface area contributed by atoms with Crippen LogP contribution in [0.15, 0.2) is 94.4 Å². The van der Waals surface area contributed by atoms with E-state index in [1.807, 2.05) is 98.8 Å². The molecule has 0 aliphatic rings. The molecular formula is C28H22BrN3OS. The van der Waals surface area contributed by atoms with Gasteiger partial charge < -0.3 is 5.32 Å². The van der Waals surface area contributed by atoms with Crippen molar-refractivity contribution in [3.05, 3.63) is 101 Å². The molecule has 0 aliphatic carbocycles. The van der Waals surface area contributed by atoms with Gasteiger partial charge in [-0.25, -0.2) is 4.98 Å². The van der Waals surface area contributed by atoms with Crippen LogP contribution in [0.25, 0.3) is 22.4 Å². The molecule has 4 rings (SSSR count). The SMILES string of the molecule is Cc1ccc(-c2cc(-c3ccccc3)c(C#N)c(S[C@H](C)C(=O)Nc3ccc(Br)cc3)n2)cc1. The highest BCUT2D eigenvalue weighted by Crippen LogP contribution is 2.36. The molecule has 4 nitrogen and oxygen atoms in total. The number of hydrogen-bond donors (Lipinski definition) is 1. The van der Waals surface area contributed by atoms with Crippen molar-refractivity contribution in [2.45, 2.75) is 24.1 Å². The number of nitriles is 1. The van der Waals surface area contributed by atoms with Crippen LogP contribution in [0.5, 0.6) is 0 Å². The molecule has 0 saturated carbocycles. The van der Waals surface area contributed by atoms with E-state index in [0.717, 1.165) is 32.4 Å². The van der Waals surface area contributed by atoms with E-state index >= 15 is 0 Å². The van der Waals surface area contributed by atoms with Crippen molar-refractivity contribution >= 4 is 39.3 Å². The van der Waals surface area contributed by atoms with Gasteiger partial charge in [0.15, 0.2) is 0 Å². The van der Waals surface area contributed by atoms with E-state index in [-0.39, 0.29) is 5.91 Å². The molecule has 168 valence electrons. The summed E-state index contributed by atoms with van der Waals surface area (Å²) >= 11 is 4.69. The lowest BCUT2D eigenvalue weighted by Gasteiger charge is -2.16. The van der Waals surface area contributed by atoms with E-state index < -0.39 is 5.25 Å². The lowest BCUT2D eigenvalue weighted by molar-refractivity contribution is -0.115. The number of pyridine rings is 1. The van der Waals surface area contributed by atoms with Crippen LogP contribution in [0.3, 0.4) is 0 Å². The lowest BCUT2D eigenvalue weighted by atomic mass is 9.99. The molecule has 1 amide bonds. The third-order valence-electron chi connectivity index (χ3n) is 5.30. The highest BCUT2D eigenvalue weighted by Gasteiger charge is 2.21. The minimum absolute atomic E-state index is 0.153. The van der Waals surface area contributed by atoms with Crippen LogP contribution in [0, 0.1) is 18.3 Å². The summed E-state index contributed by atoms with van der Waals surface area (Å²) in [6.07, 6.45) is 0. The summed E-state index contributed by atoms with van der Waals surface area (Å²) in [5.74, 6) is -0.153. The van der Waals surface area contributed by atoms with Gasteiger partial charge in [0.05, 0.1) is 16.5 Å². The number of amides is 1. The molecule has 0 radical (unpaired) electrons. The van der Waals surface area contributed by atoms with Crippen LogP contribution in [0.1, 0.15) is 18.1 Å². The first-order chi connectivity index (χ1) is 16.4. The maximum atomic E-state index is 12.9. The Balaban J connectivity index is 1.72. The summed E-state index contributed by atoms with van der Waals surface area (Å²) in [6, 6.07) is 29.6. The third-order valence-corrected chi connectivity index (χ3v) is 6.91. The summed E-state index contributed by atoms with van der Waals surface area (Å²) in [7, 11) is 0. The van der Waals surface area contributed by atoms with E-state index in [2.05, 4.69) is 27.3 Å². The van der Waals surface area contributed by atoms with Gasteiger partial charge in [-0.3, -0.25) is 4.79 Å². The number of carbonyl (C=O) groups is 1. The van der Waals surface area contributed by atoms with Crippen molar-refractivity contribution in [3.63, 3.8) is 0 Å². The minimum atomic E-state index is -0.458. The summed E-state index contributed by atoms with van der Waals surface area (Å²) in [5, 5.41) is 13.1. The Morgan fingerprint density at radius 2 is 1.68 bits per heavy atom. The number of carbonyl (C=O) groups excluding carboxylic acids is 1. The van der Waals surface area contributed by atoms with E-state index in [4.69, 9.17) is 4.98 Å². The number of hydrogen-bond acceptors (Lipinski definition) is 4. The molecule has 1 heterocycles. The average Bonchev–Trinajstić information content (AvgIpc) is 2.86. The van der Waals surface area contributed by atoms with Crippen molar-refractivity contribution < 1.29 is 4.79 Å². The Labute approximate surface area is 212 Å². The monoisotopic (exact) mass is 527 g/mol. The zero-order chi connectivity index (χ0) is 24.1. The first kappa shape index (κ1) is 23.7. The van der Waals surface area contributed by atoms with Gasteiger partial charge in [0, 0.05) is 21.3 Å². The standard InChI is InChI=1S/C28H22BrN3OS/c1-18-8-10-21(11-9-18)26-16-24(20-6-4-3-5-7-20)25(17-30)28(32-26)34-19(2)27(33)31-23-14-12-22(29)13-15-23/h3-16,19H,1-2H3,(H,31,33)/t19-/m1/s1. The molecular weight excluding hydrogens is 506 g/mol. The maximum Gasteiger partial charge on any atom is 0.237 e. The molecule has 0 saturated heterocycles. The number of thioether (sulfide) groups is 1. The average molecular weight is 528 g/mol. The molecule has 0 unspecified atom stereocenters. The predicted octanol–water partition coefficient (Wildman–Crippen LogP) is 7.48.